The monoisotopic (exact) mass is 247 g/mol. The van der Waals surface area contributed by atoms with Crippen molar-refractivity contribution in [2.45, 2.75) is 45.6 Å². The number of aliphatic hydroxyl groups is 1. The van der Waals surface area contributed by atoms with Gasteiger partial charge in [0.05, 0.1) is 6.10 Å². The molecule has 0 aromatic heterocycles. The van der Waals surface area contributed by atoms with E-state index in [2.05, 4.69) is 37.4 Å². The van der Waals surface area contributed by atoms with E-state index in [1.807, 2.05) is 0 Å². The van der Waals surface area contributed by atoms with Crippen LogP contribution in [0, 0.1) is 19.8 Å². The Morgan fingerprint density at radius 1 is 1.22 bits per heavy atom. The summed E-state index contributed by atoms with van der Waals surface area (Å²) in [5, 5.41) is 13.6. The summed E-state index contributed by atoms with van der Waals surface area (Å²) in [6.45, 7) is 6.42. The van der Waals surface area contributed by atoms with Crippen molar-refractivity contribution < 1.29 is 5.11 Å². The molecule has 2 nitrogen and oxygen atoms in total. The van der Waals surface area contributed by atoms with Crippen LogP contribution in [0.2, 0.25) is 0 Å². The van der Waals surface area contributed by atoms with Crippen molar-refractivity contribution in [1.29, 1.82) is 0 Å². The van der Waals surface area contributed by atoms with Crippen molar-refractivity contribution >= 4 is 0 Å². The molecule has 1 heterocycles. The summed E-state index contributed by atoms with van der Waals surface area (Å²) in [4.78, 5) is 0. The van der Waals surface area contributed by atoms with E-state index in [1.165, 1.54) is 16.7 Å². The minimum atomic E-state index is -0.131. The molecule has 2 heteroatoms. The number of hydrogen-bond acceptors (Lipinski definition) is 2. The lowest BCUT2D eigenvalue weighted by atomic mass is 9.88. The van der Waals surface area contributed by atoms with Crippen LogP contribution in [-0.2, 0) is 6.42 Å². The van der Waals surface area contributed by atoms with Crippen LogP contribution < -0.4 is 5.32 Å². The van der Waals surface area contributed by atoms with Gasteiger partial charge in [-0.15, -0.1) is 0 Å². The zero-order valence-electron chi connectivity index (χ0n) is 11.6. The lowest BCUT2D eigenvalue weighted by Crippen LogP contribution is -2.34. The first-order valence-corrected chi connectivity index (χ1v) is 7.11. The molecule has 2 N–H and O–H groups in total. The van der Waals surface area contributed by atoms with E-state index in [0.717, 1.165) is 38.8 Å². The summed E-state index contributed by atoms with van der Waals surface area (Å²) < 4.78 is 0. The number of rotatable bonds is 4. The zero-order valence-corrected chi connectivity index (χ0v) is 11.6. The maximum Gasteiger partial charge on any atom is 0.0572 e. The molecule has 1 atom stereocenters. The van der Waals surface area contributed by atoms with Gasteiger partial charge < -0.3 is 10.4 Å². The number of benzene rings is 1. The summed E-state index contributed by atoms with van der Waals surface area (Å²) in [6.07, 6.45) is 4.00. The Labute approximate surface area is 110 Å². The first-order chi connectivity index (χ1) is 8.66. The third kappa shape index (κ3) is 3.56. The summed E-state index contributed by atoms with van der Waals surface area (Å²) in [6, 6.07) is 6.63. The smallest absolute Gasteiger partial charge is 0.0572 e. The van der Waals surface area contributed by atoms with Crippen molar-refractivity contribution in [3.8, 4) is 0 Å². The van der Waals surface area contributed by atoms with Gasteiger partial charge >= 0.3 is 0 Å². The minimum Gasteiger partial charge on any atom is -0.393 e. The van der Waals surface area contributed by atoms with Crippen LogP contribution in [0.25, 0.3) is 0 Å². The van der Waals surface area contributed by atoms with Gasteiger partial charge in [0.25, 0.3) is 0 Å². The second-order valence-electron chi connectivity index (χ2n) is 5.61. The van der Waals surface area contributed by atoms with E-state index in [1.54, 1.807) is 0 Å². The molecular formula is C16H25NO. The first kappa shape index (κ1) is 13.6. The highest BCUT2D eigenvalue weighted by molar-refractivity contribution is 5.29. The SMILES string of the molecule is Cc1ccc(CCC(O)C2CCNCC2)cc1C. The van der Waals surface area contributed by atoms with Gasteiger partial charge in [-0.3, -0.25) is 0 Å². The van der Waals surface area contributed by atoms with Gasteiger partial charge in [-0.05, 0) is 75.2 Å². The summed E-state index contributed by atoms with van der Waals surface area (Å²) in [5.74, 6) is 0.498. The standard InChI is InChI=1S/C16H25NO/c1-12-3-4-14(11-13(12)2)5-6-16(18)15-7-9-17-10-8-15/h3-4,11,15-18H,5-10H2,1-2H3. The molecule has 100 valence electrons. The number of nitrogens with one attached hydrogen (secondary N) is 1. The molecule has 18 heavy (non-hydrogen) atoms. The summed E-state index contributed by atoms with van der Waals surface area (Å²) in [5.41, 5.74) is 4.05. The highest BCUT2D eigenvalue weighted by Gasteiger charge is 2.21. The Bertz CT molecular complexity index is 383. The number of piperidine rings is 1. The molecule has 0 radical (unpaired) electrons. The summed E-state index contributed by atoms with van der Waals surface area (Å²) >= 11 is 0. The second-order valence-corrected chi connectivity index (χ2v) is 5.61. The molecule has 1 aliphatic heterocycles. The van der Waals surface area contributed by atoms with E-state index >= 15 is 0 Å². The van der Waals surface area contributed by atoms with Crippen LogP contribution in [0.4, 0.5) is 0 Å². The molecule has 0 aliphatic carbocycles. The molecule has 1 fully saturated rings. The second kappa shape index (κ2) is 6.35. The van der Waals surface area contributed by atoms with E-state index in [0.29, 0.717) is 5.92 Å². The van der Waals surface area contributed by atoms with Gasteiger partial charge in [-0.25, -0.2) is 0 Å². The highest BCUT2D eigenvalue weighted by Crippen LogP contribution is 2.20. The van der Waals surface area contributed by atoms with Crippen LogP contribution >= 0.6 is 0 Å². The lowest BCUT2D eigenvalue weighted by Gasteiger charge is -2.27. The maximum absolute atomic E-state index is 10.2. The van der Waals surface area contributed by atoms with E-state index in [9.17, 15) is 5.11 Å². The topological polar surface area (TPSA) is 32.3 Å². The van der Waals surface area contributed by atoms with Gasteiger partial charge in [0.1, 0.15) is 0 Å². The van der Waals surface area contributed by atoms with E-state index in [4.69, 9.17) is 0 Å². The average molecular weight is 247 g/mol. The molecule has 1 aliphatic rings. The van der Waals surface area contributed by atoms with Crippen LogP contribution in [0.1, 0.15) is 36.0 Å². The Morgan fingerprint density at radius 2 is 1.94 bits per heavy atom. The Balaban J connectivity index is 1.84. The molecule has 1 saturated heterocycles. The van der Waals surface area contributed by atoms with Crippen LogP contribution in [-0.4, -0.2) is 24.3 Å². The van der Waals surface area contributed by atoms with E-state index < -0.39 is 0 Å². The molecule has 0 bridgehead atoms. The van der Waals surface area contributed by atoms with Crippen molar-refractivity contribution in [2.75, 3.05) is 13.1 Å². The maximum atomic E-state index is 10.2. The van der Waals surface area contributed by atoms with Crippen LogP contribution in [0.5, 0.6) is 0 Å². The van der Waals surface area contributed by atoms with Gasteiger partial charge in [0.2, 0.25) is 0 Å². The Morgan fingerprint density at radius 3 is 2.61 bits per heavy atom. The highest BCUT2D eigenvalue weighted by atomic mass is 16.3. The molecule has 1 aromatic rings. The van der Waals surface area contributed by atoms with Gasteiger partial charge in [0.15, 0.2) is 0 Å². The summed E-state index contributed by atoms with van der Waals surface area (Å²) in [7, 11) is 0. The first-order valence-electron chi connectivity index (χ1n) is 7.11. The quantitative estimate of drug-likeness (QED) is 0.857. The number of hydrogen-bond donors (Lipinski definition) is 2. The number of aliphatic hydroxyl groups excluding tert-OH is 1. The molecule has 2 rings (SSSR count). The Hall–Kier alpha value is -0.860. The fourth-order valence-electron chi connectivity index (χ4n) is 2.74. The fourth-order valence-corrected chi connectivity index (χ4v) is 2.74. The van der Waals surface area contributed by atoms with Gasteiger partial charge in [-0.2, -0.15) is 0 Å². The Kier molecular flexibility index (Phi) is 4.79. The molecule has 0 saturated carbocycles. The molecule has 0 amide bonds. The number of aryl methyl sites for hydroxylation is 3. The van der Waals surface area contributed by atoms with Crippen molar-refractivity contribution in [3.63, 3.8) is 0 Å². The predicted molar refractivity (Wildman–Crippen MR) is 75.8 cm³/mol. The zero-order chi connectivity index (χ0) is 13.0. The molecular weight excluding hydrogens is 222 g/mol. The largest absolute Gasteiger partial charge is 0.393 e. The van der Waals surface area contributed by atoms with Crippen molar-refractivity contribution in [2.24, 2.45) is 5.92 Å². The molecule has 1 aromatic carbocycles. The molecule has 1 unspecified atom stereocenters. The van der Waals surface area contributed by atoms with Crippen LogP contribution in [0.3, 0.4) is 0 Å². The normalized spacial score (nSPS) is 18.8. The average Bonchev–Trinajstić information content (AvgIpc) is 2.41. The van der Waals surface area contributed by atoms with Crippen molar-refractivity contribution in [3.05, 3.63) is 34.9 Å². The van der Waals surface area contributed by atoms with Crippen molar-refractivity contribution in [1.82, 2.24) is 5.32 Å². The lowest BCUT2D eigenvalue weighted by molar-refractivity contribution is 0.0813. The van der Waals surface area contributed by atoms with Crippen LogP contribution in [0.15, 0.2) is 18.2 Å². The van der Waals surface area contributed by atoms with E-state index in [-0.39, 0.29) is 6.10 Å². The predicted octanol–water partition coefficient (Wildman–Crippen LogP) is 2.60. The third-order valence-electron chi connectivity index (χ3n) is 4.23. The van der Waals surface area contributed by atoms with Gasteiger partial charge in [0, 0.05) is 0 Å². The minimum absolute atomic E-state index is 0.131. The fraction of sp³-hybridized carbons (Fsp3) is 0.625. The third-order valence-corrected chi connectivity index (χ3v) is 4.23. The molecule has 0 spiro atoms. The van der Waals surface area contributed by atoms with Gasteiger partial charge in [-0.1, -0.05) is 18.2 Å².